The normalized spacial score (nSPS) is 12.9. The first-order valence-corrected chi connectivity index (χ1v) is 4.89. The molecule has 1 atom stereocenters. The van der Waals surface area contributed by atoms with Crippen LogP contribution in [0.3, 0.4) is 0 Å². The van der Waals surface area contributed by atoms with Crippen molar-refractivity contribution in [1.29, 1.82) is 0 Å². The van der Waals surface area contributed by atoms with Crippen LogP contribution in [-0.4, -0.2) is 14.9 Å². The van der Waals surface area contributed by atoms with Gasteiger partial charge < -0.3 is 5.11 Å². The minimum atomic E-state index is -0.462. The molecular weight excluding hydrogens is 176 g/mol. The van der Waals surface area contributed by atoms with E-state index < -0.39 is 6.10 Å². The highest BCUT2D eigenvalue weighted by molar-refractivity contribution is 5.20. The molecule has 0 aliphatic rings. The molecule has 1 rings (SSSR count). The Morgan fingerprint density at radius 2 is 2.36 bits per heavy atom. The monoisotopic (exact) mass is 194 g/mol. The topological polar surface area (TPSA) is 38.0 Å². The van der Waals surface area contributed by atoms with Gasteiger partial charge in [-0.3, -0.25) is 4.68 Å². The lowest BCUT2D eigenvalue weighted by Crippen LogP contribution is -1.99. The third-order valence-corrected chi connectivity index (χ3v) is 2.39. The van der Waals surface area contributed by atoms with Crippen LogP contribution in [0.25, 0.3) is 0 Å². The Kier molecular flexibility index (Phi) is 3.47. The number of rotatable bonds is 4. The lowest BCUT2D eigenvalue weighted by Gasteiger charge is -2.10. The van der Waals surface area contributed by atoms with Crippen molar-refractivity contribution in [3.8, 4) is 0 Å². The van der Waals surface area contributed by atoms with Crippen LogP contribution in [0.5, 0.6) is 0 Å². The van der Waals surface area contributed by atoms with E-state index in [0.29, 0.717) is 6.42 Å². The molecule has 3 heteroatoms. The summed E-state index contributed by atoms with van der Waals surface area (Å²) in [6, 6.07) is 0. The second kappa shape index (κ2) is 4.42. The summed E-state index contributed by atoms with van der Waals surface area (Å²) < 4.78 is 1.72. The van der Waals surface area contributed by atoms with E-state index in [2.05, 4.69) is 11.7 Å². The van der Waals surface area contributed by atoms with E-state index in [0.717, 1.165) is 23.3 Å². The summed E-state index contributed by atoms with van der Waals surface area (Å²) in [7, 11) is 1.86. The van der Waals surface area contributed by atoms with Gasteiger partial charge >= 0.3 is 0 Å². The maximum atomic E-state index is 9.90. The van der Waals surface area contributed by atoms with Crippen molar-refractivity contribution in [2.24, 2.45) is 7.05 Å². The standard InChI is InChI=1S/C11H18N2O/c1-5-8(2)6-11(14)10-7-13(4)12-9(10)3/h7,11,14H,2,5-6H2,1,3-4H3. The Morgan fingerprint density at radius 3 is 2.79 bits per heavy atom. The van der Waals surface area contributed by atoms with Gasteiger partial charge in [0.1, 0.15) is 0 Å². The first-order chi connectivity index (χ1) is 6.54. The van der Waals surface area contributed by atoms with E-state index in [9.17, 15) is 5.11 Å². The zero-order valence-electron chi connectivity index (χ0n) is 9.12. The first kappa shape index (κ1) is 11.0. The van der Waals surface area contributed by atoms with Gasteiger partial charge in [0.25, 0.3) is 0 Å². The lowest BCUT2D eigenvalue weighted by atomic mass is 10.0. The number of hydrogen-bond donors (Lipinski definition) is 1. The van der Waals surface area contributed by atoms with E-state index in [-0.39, 0.29) is 0 Å². The largest absolute Gasteiger partial charge is 0.388 e. The third-order valence-electron chi connectivity index (χ3n) is 2.39. The molecule has 0 aromatic carbocycles. The van der Waals surface area contributed by atoms with Crippen molar-refractivity contribution >= 4 is 0 Å². The molecule has 0 bridgehead atoms. The fourth-order valence-corrected chi connectivity index (χ4v) is 1.47. The highest BCUT2D eigenvalue weighted by Crippen LogP contribution is 2.23. The highest BCUT2D eigenvalue weighted by atomic mass is 16.3. The van der Waals surface area contributed by atoms with Crippen molar-refractivity contribution in [3.05, 3.63) is 29.6 Å². The summed E-state index contributed by atoms with van der Waals surface area (Å²) in [4.78, 5) is 0. The molecule has 0 aliphatic heterocycles. The van der Waals surface area contributed by atoms with Crippen LogP contribution in [0, 0.1) is 6.92 Å². The molecule has 1 heterocycles. The third kappa shape index (κ3) is 2.45. The molecular formula is C11H18N2O. The second-order valence-electron chi connectivity index (χ2n) is 3.67. The number of aliphatic hydroxyl groups excluding tert-OH is 1. The van der Waals surface area contributed by atoms with Crippen molar-refractivity contribution in [2.75, 3.05) is 0 Å². The number of nitrogens with zero attached hydrogens (tertiary/aromatic N) is 2. The Hall–Kier alpha value is -1.09. The number of aliphatic hydroxyl groups is 1. The van der Waals surface area contributed by atoms with E-state index in [1.54, 1.807) is 4.68 Å². The molecule has 0 radical (unpaired) electrons. The molecule has 0 saturated heterocycles. The van der Waals surface area contributed by atoms with Gasteiger partial charge in [0, 0.05) is 18.8 Å². The smallest absolute Gasteiger partial charge is 0.0860 e. The van der Waals surface area contributed by atoms with Gasteiger partial charge in [0.05, 0.1) is 11.8 Å². The van der Waals surface area contributed by atoms with Gasteiger partial charge in [-0.2, -0.15) is 5.10 Å². The van der Waals surface area contributed by atoms with Gasteiger partial charge in [-0.15, -0.1) is 0 Å². The molecule has 3 nitrogen and oxygen atoms in total. The van der Waals surface area contributed by atoms with Gasteiger partial charge in [-0.1, -0.05) is 19.1 Å². The second-order valence-corrected chi connectivity index (χ2v) is 3.67. The Bertz CT molecular complexity index is 328. The van der Waals surface area contributed by atoms with E-state index in [1.807, 2.05) is 27.1 Å². The molecule has 0 aliphatic carbocycles. The van der Waals surface area contributed by atoms with Crippen LogP contribution in [0.4, 0.5) is 0 Å². The van der Waals surface area contributed by atoms with Crippen molar-refractivity contribution in [2.45, 2.75) is 32.8 Å². The summed E-state index contributed by atoms with van der Waals surface area (Å²) in [5.74, 6) is 0. The van der Waals surface area contributed by atoms with E-state index in [4.69, 9.17) is 0 Å². The van der Waals surface area contributed by atoms with Crippen LogP contribution < -0.4 is 0 Å². The average molecular weight is 194 g/mol. The Labute approximate surface area is 85.1 Å². The van der Waals surface area contributed by atoms with Crippen LogP contribution in [0.2, 0.25) is 0 Å². The summed E-state index contributed by atoms with van der Waals surface area (Å²) >= 11 is 0. The lowest BCUT2D eigenvalue weighted by molar-refractivity contribution is 0.177. The average Bonchev–Trinajstić information content (AvgIpc) is 2.45. The molecule has 14 heavy (non-hydrogen) atoms. The summed E-state index contributed by atoms with van der Waals surface area (Å²) in [5.41, 5.74) is 2.87. The molecule has 0 saturated carbocycles. The molecule has 1 unspecified atom stereocenters. The minimum absolute atomic E-state index is 0.462. The molecule has 0 fully saturated rings. The quantitative estimate of drug-likeness (QED) is 0.745. The molecule has 0 spiro atoms. The van der Waals surface area contributed by atoms with Crippen molar-refractivity contribution < 1.29 is 5.11 Å². The van der Waals surface area contributed by atoms with Gasteiger partial charge in [-0.05, 0) is 19.8 Å². The zero-order chi connectivity index (χ0) is 10.7. The maximum absolute atomic E-state index is 9.90. The van der Waals surface area contributed by atoms with Gasteiger partial charge in [0.2, 0.25) is 0 Å². The van der Waals surface area contributed by atoms with Gasteiger partial charge in [-0.25, -0.2) is 0 Å². The Balaban J connectivity index is 2.73. The predicted octanol–water partition coefficient (Wildman–Crippen LogP) is 2.12. The van der Waals surface area contributed by atoms with Crippen LogP contribution in [0.1, 0.15) is 37.1 Å². The molecule has 1 aromatic rings. The number of aromatic nitrogens is 2. The molecule has 1 aromatic heterocycles. The summed E-state index contributed by atoms with van der Waals surface area (Å²) in [6.45, 7) is 7.84. The summed E-state index contributed by atoms with van der Waals surface area (Å²) in [6.07, 6.45) is 2.94. The molecule has 78 valence electrons. The highest BCUT2D eigenvalue weighted by Gasteiger charge is 2.13. The fourth-order valence-electron chi connectivity index (χ4n) is 1.47. The SMILES string of the molecule is C=C(CC)CC(O)c1cn(C)nc1C. The van der Waals surface area contributed by atoms with E-state index >= 15 is 0 Å². The van der Waals surface area contributed by atoms with Gasteiger partial charge in [0.15, 0.2) is 0 Å². The minimum Gasteiger partial charge on any atom is -0.388 e. The zero-order valence-corrected chi connectivity index (χ0v) is 9.12. The van der Waals surface area contributed by atoms with Crippen molar-refractivity contribution in [3.63, 3.8) is 0 Å². The Morgan fingerprint density at radius 1 is 1.71 bits per heavy atom. The predicted molar refractivity (Wildman–Crippen MR) is 57.0 cm³/mol. The molecule has 1 N–H and O–H groups in total. The van der Waals surface area contributed by atoms with E-state index in [1.165, 1.54) is 0 Å². The van der Waals surface area contributed by atoms with Crippen LogP contribution >= 0.6 is 0 Å². The first-order valence-electron chi connectivity index (χ1n) is 4.89. The number of hydrogen-bond acceptors (Lipinski definition) is 2. The van der Waals surface area contributed by atoms with Crippen molar-refractivity contribution in [1.82, 2.24) is 9.78 Å². The number of aryl methyl sites for hydroxylation is 2. The fraction of sp³-hybridized carbons (Fsp3) is 0.545. The summed E-state index contributed by atoms with van der Waals surface area (Å²) in [5, 5.41) is 14.1. The van der Waals surface area contributed by atoms with Crippen LogP contribution in [-0.2, 0) is 7.05 Å². The molecule has 0 amide bonds. The maximum Gasteiger partial charge on any atom is 0.0860 e. The van der Waals surface area contributed by atoms with Crippen LogP contribution in [0.15, 0.2) is 18.3 Å².